The van der Waals surface area contributed by atoms with Gasteiger partial charge < -0.3 is 20.0 Å². The molecule has 0 aliphatic carbocycles. The molecule has 88 valence electrons. The number of hydrogen-bond acceptors (Lipinski definition) is 3. The van der Waals surface area contributed by atoms with E-state index < -0.39 is 0 Å². The third-order valence-electron chi connectivity index (χ3n) is 2.60. The van der Waals surface area contributed by atoms with Crippen molar-refractivity contribution in [3.05, 3.63) is 0 Å². The highest BCUT2D eigenvalue weighted by molar-refractivity contribution is 5.74. The van der Waals surface area contributed by atoms with Gasteiger partial charge in [-0.05, 0) is 14.1 Å². The van der Waals surface area contributed by atoms with Crippen molar-refractivity contribution < 1.29 is 4.79 Å². The number of piperazine rings is 1. The molecule has 0 radical (unpaired) electrons. The van der Waals surface area contributed by atoms with Crippen LogP contribution in [-0.2, 0) is 0 Å². The maximum atomic E-state index is 11.9. The number of nitrogens with one attached hydrogen (secondary N) is 1. The van der Waals surface area contributed by atoms with E-state index in [0.717, 1.165) is 39.3 Å². The van der Waals surface area contributed by atoms with Crippen LogP contribution in [0.4, 0.5) is 4.79 Å². The number of likely N-dealkylation sites (N-methyl/N-ethyl adjacent to an activating group) is 2. The van der Waals surface area contributed by atoms with Crippen LogP contribution < -0.4 is 5.32 Å². The molecular weight excluding hydrogens is 192 g/mol. The molecule has 0 aromatic carbocycles. The first-order chi connectivity index (χ1) is 7.11. The fraction of sp³-hybridized carbons (Fsp3) is 0.900. The average molecular weight is 214 g/mol. The van der Waals surface area contributed by atoms with Crippen molar-refractivity contribution in [3.8, 4) is 0 Å². The van der Waals surface area contributed by atoms with Crippen LogP contribution in [0, 0.1) is 0 Å². The van der Waals surface area contributed by atoms with Gasteiger partial charge in [0, 0.05) is 46.3 Å². The topological polar surface area (TPSA) is 38.8 Å². The van der Waals surface area contributed by atoms with Gasteiger partial charge in [-0.1, -0.05) is 0 Å². The van der Waals surface area contributed by atoms with Crippen molar-refractivity contribution in [1.82, 2.24) is 20.0 Å². The Kier molecular flexibility index (Phi) is 4.84. The number of rotatable bonds is 3. The van der Waals surface area contributed by atoms with E-state index in [-0.39, 0.29) is 6.03 Å². The summed E-state index contributed by atoms with van der Waals surface area (Å²) in [5, 5.41) is 3.24. The lowest BCUT2D eigenvalue weighted by atomic mass is 10.4. The fourth-order valence-corrected chi connectivity index (χ4v) is 1.54. The molecule has 0 aromatic heterocycles. The van der Waals surface area contributed by atoms with Crippen molar-refractivity contribution in [3.63, 3.8) is 0 Å². The lowest BCUT2D eigenvalue weighted by Crippen LogP contribution is -2.51. The maximum Gasteiger partial charge on any atom is 0.319 e. The number of hydrogen-bond donors (Lipinski definition) is 1. The van der Waals surface area contributed by atoms with Crippen LogP contribution in [0.3, 0.4) is 0 Å². The molecule has 1 fully saturated rings. The lowest BCUT2D eigenvalue weighted by molar-refractivity contribution is 0.153. The van der Waals surface area contributed by atoms with E-state index in [2.05, 4.69) is 10.2 Å². The third-order valence-corrected chi connectivity index (χ3v) is 2.60. The van der Waals surface area contributed by atoms with Gasteiger partial charge >= 0.3 is 6.03 Å². The predicted molar refractivity (Wildman–Crippen MR) is 61.0 cm³/mol. The van der Waals surface area contributed by atoms with Crippen molar-refractivity contribution in [2.75, 3.05) is 60.4 Å². The molecule has 5 heteroatoms. The molecule has 1 aliphatic heterocycles. The third kappa shape index (κ3) is 4.05. The number of urea groups is 1. The van der Waals surface area contributed by atoms with Crippen LogP contribution in [0.25, 0.3) is 0 Å². The van der Waals surface area contributed by atoms with Crippen LogP contribution in [0.2, 0.25) is 0 Å². The first kappa shape index (κ1) is 12.3. The molecule has 0 unspecified atom stereocenters. The molecule has 0 bridgehead atoms. The van der Waals surface area contributed by atoms with Gasteiger partial charge in [-0.3, -0.25) is 0 Å². The minimum absolute atomic E-state index is 0.151. The van der Waals surface area contributed by atoms with E-state index in [0.29, 0.717) is 0 Å². The van der Waals surface area contributed by atoms with Gasteiger partial charge in [0.15, 0.2) is 0 Å². The highest BCUT2D eigenvalue weighted by Crippen LogP contribution is 1.98. The van der Waals surface area contributed by atoms with E-state index in [9.17, 15) is 4.79 Å². The van der Waals surface area contributed by atoms with Crippen molar-refractivity contribution in [1.29, 1.82) is 0 Å². The summed E-state index contributed by atoms with van der Waals surface area (Å²) in [7, 11) is 5.90. The first-order valence-corrected chi connectivity index (χ1v) is 5.46. The minimum Gasteiger partial charge on any atom is -0.326 e. The van der Waals surface area contributed by atoms with Crippen LogP contribution in [0.5, 0.6) is 0 Å². The van der Waals surface area contributed by atoms with Crippen molar-refractivity contribution >= 4 is 6.03 Å². The summed E-state index contributed by atoms with van der Waals surface area (Å²) in [4.78, 5) is 17.7. The summed E-state index contributed by atoms with van der Waals surface area (Å²) in [6.45, 7) is 5.17. The van der Waals surface area contributed by atoms with Crippen LogP contribution >= 0.6 is 0 Å². The van der Waals surface area contributed by atoms with Gasteiger partial charge in [0.1, 0.15) is 0 Å². The highest BCUT2D eigenvalue weighted by Gasteiger charge is 2.19. The standard InChI is InChI=1S/C10H22N4O/c1-12(2)8-9-13(3)10(15)14-6-4-11-5-7-14/h11H,4-9H2,1-3H3. The maximum absolute atomic E-state index is 11.9. The van der Waals surface area contributed by atoms with Crippen LogP contribution in [-0.4, -0.2) is 81.1 Å². The van der Waals surface area contributed by atoms with Crippen molar-refractivity contribution in [2.24, 2.45) is 0 Å². The summed E-state index contributed by atoms with van der Waals surface area (Å²) < 4.78 is 0. The monoisotopic (exact) mass is 214 g/mol. The molecular formula is C10H22N4O. The Morgan fingerprint density at radius 1 is 1.20 bits per heavy atom. The van der Waals surface area contributed by atoms with E-state index in [4.69, 9.17) is 0 Å². The van der Waals surface area contributed by atoms with Crippen LogP contribution in [0.1, 0.15) is 0 Å². The normalized spacial score (nSPS) is 16.9. The minimum atomic E-state index is 0.151. The zero-order valence-electron chi connectivity index (χ0n) is 9.99. The molecule has 0 spiro atoms. The summed E-state index contributed by atoms with van der Waals surface area (Å²) in [6.07, 6.45) is 0. The molecule has 2 amide bonds. The lowest BCUT2D eigenvalue weighted by Gasteiger charge is -2.31. The Labute approximate surface area is 92.0 Å². The van der Waals surface area contributed by atoms with E-state index in [1.54, 1.807) is 4.90 Å². The van der Waals surface area contributed by atoms with Gasteiger partial charge in [-0.15, -0.1) is 0 Å². The van der Waals surface area contributed by atoms with Crippen molar-refractivity contribution in [2.45, 2.75) is 0 Å². The SMILES string of the molecule is CN(C)CCN(C)C(=O)N1CCNCC1. The fourth-order valence-electron chi connectivity index (χ4n) is 1.54. The second kappa shape index (κ2) is 5.92. The highest BCUT2D eigenvalue weighted by atomic mass is 16.2. The molecule has 1 N–H and O–H groups in total. The molecule has 1 rings (SSSR count). The molecule has 15 heavy (non-hydrogen) atoms. The summed E-state index contributed by atoms with van der Waals surface area (Å²) in [6, 6.07) is 0.151. The molecule has 1 heterocycles. The van der Waals surface area contributed by atoms with E-state index in [1.165, 1.54) is 0 Å². The molecule has 1 aliphatic rings. The predicted octanol–water partition coefficient (Wildman–Crippen LogP) is -0.495. The summed E-state index contributed by atoms with van der Waals surface area (Å²) in [5.74, 6) is 0. The van der Waals surface area contributed by atoms with Gasteiger partial charge in [-0.25, -0.2) is 4.79 Å². The van der Waals surface area contributed by atoms with Gasteiger partial charge in [0.2, 0.25) is 0 Å². The number of nitrogens with zero attached hydrogens (tertiary/aromatic N) is 3. The second-order valence-electron chi connectivity index (χ2n) is 4.24. The summed E-state index contributed by atoms with van der Waals surface area (Å²) in [5.41, 5.74) is 0. The van der Waals surface area contributed by atoms with Gasteiger partial charge in [0.05, 0.1) is 0 Å². The first-order valence-electron chi connectivity index (χ1n) is 5.46. The molecule has 0 aromatic rings. The second-order valence-corrected chi connectivity index (χ2v) is 4.24. The molecule has 0 saturated carbocycles. The molecule has 5 nitrogen and oxygen atoms in total. The molecule has 0 atom stereocenters. The number of amides is 2. The van der Waals surface area contributed by atoms with E-state index >= 15 is 0 Å². The smallest absolute Gasteiger partial charge is 0.319 e. The molecule has 1 saturated heterocycles. The Hall–Kier alpha value is -0.810. The zero-order valence-corrected chi connectivity index (χ0v) is 9.99. The Bertz CT molecular complexity index is 202. The Morgan fingerprint density at radius 2 is 1.80 bits per heavy atom. The largest absolute Gasteiger partial charge is 0.326 e. The number of carbonyl (C=O) groups is 1. The number of carbonyl (C=O) groups excluding carboxylic acids is 1. The summed E-state index contributed by atoms with van der Waals surface area (Å²) >= 11 is 0. The van der Waals surface area contributed by atoms with E-state index in [1.807, 2.05) is 26.0 Å². The Balaban J connectivity index is 2.30. The quantitative estimate of drug-likeness (QED) is 0.689. The average Bonchev–Trinajstić information content (AvgIpc) is 2.26. The van der Waals surface area contributed by atoms with Crippen LogP contribution in [0.15, 0.2) is 0 Å². The van der Waals surface area contributed by atoms with Gasteiger partial charge in [0.25, 0.3) is 0 Å². The zero-order chi connectivity index (χ0) is 11.3. The van der Waals surface area contributed by atoms with Gasteiger partial charge in [-0.2, -0.15) is 0 Å². The Morgan fingerprint density at radius 3 is 2.33 bits per heavy atom.